The summed E-state index contributed by atoms with van der Waals surface area (Å²) < 4.78 is 38.8. The molecule has 1 saturated carbocycles. The topological polar surface area (TPSA) is 24.1 Å². The van der Waals surface area contributed by atoms with Crippen LogP contribution in [0.2, 0.25) is 0 Å². The third-order valence-electron chi connectivity index (χ3n) is 3.52. The lowest BCUT2D eigenvalue weighted by Gasteiger charge is -2.29. The molecule has 0 bridgehead atoms. The van der Waals surface area contributed by atoms with Gasteiger partial charge in [-0.2, -0.15) is 13.2 Å². The molecule has 18 heavy (non-hydrogen) atoms. The number of halogens is 3. The van der Waals surface area contributed by atoms with E-state index < -0.39 is 11.7 Å². The van der Waals surface area contributed by atoms with Crippen LogP contribution in [-0.4, -0.2) is 18.6 Å². The number of anilines is 1. The second kappa shape index (κ2) is 4.16. The molecule has 1 aliphatic heterocycles. The van der Waals surface area contributed by atoms with E-state index in [1.807, 2.05) is 0 Å². The third-order valence-corrected chi connectivity index (χ3v) is 3.52. The first-order chi connectivity index (χ1) is 8.54. The van der Waals surface area contributed by atoms with E-state index in [1.165, 1.54) is 12.1 Å². The van der Waals surface area contributed by atoms with Crippen molar-refractivity contribution in [3.05, 3.63) is 29.3 Å². The largest absolute Gasteiger partial charge is 0.416 e. The van der Waals surface area contributed by atoms with Gasteiger partial charge < -0.3 is 10.6 Å². The van der Waals surface area contributed by atoms with Gasteiger partial charge >= 0.3 is 6.18 Å². The molecule has 1 aliphatic carbocycles. The lowest BCUT2D eigenvalue weighted by Crippen LogP contribution is -2.42. The van der Waals surface area contributed by atoms with Gasteiger partial charge in [0, 0.05) is 24.3 Å². The van der Waals surface area contributed by atoms with Crippen LogP contribution in [-0.2, 0) is 12.6 Å². The average Bonchev–Trinajstić information content (AvgIpc) is 3.11. The summed E-state index contributed by atoms with van der Waals surface area (Å²) >= 11 is 0. The van der Waals surface area contributed by atoms with Crippen LogP contribution >= 0.6 is 0 Å². The fourth-order valence-corrected chi connectivity index (χ4v) is 2.49. The first-order valence-corrected chi connectivity index (χ1v) is 6.23. The standard InChI is InChI=1S/C13H15F3N2/c14-13(15,16)11-2-1-3-12-10(11)6-9(7-17-12)18-8-4-5-8/h1-3,8-9,17-18H,4-7H2. The lowest BCUT2D eigenvalue weighted by molar-refractivity contribution is -0.138. The van der Waals surface area contributed by atoms with Gasteiger partial charge in [0.05, 0.1) is 5.56 Å². The Morgan fingerprint density at radius 3 is 2.61 bits per heavy atom. The minimum atomic E-state index is -4.27. The lowest BCUT2D eigenvalue weighted by atomic mass is 9.94. The monoisotopic (exact) mass is 256 g/mol. The van der Waals surface area contributed by atoms with Crippen molar-refractivity contribution >= 4 is 5.69 Å². The highest BCUT2D eigenvalue weighted by molar-refractivity contribution is 5.57. The second-order valence-electron chi connectivity index (χ2n) is 5.05. The molecular formula is C13H15F3N2. The number of alkyl halides is 3. The summed E-state index contributed by atoms with van der Waals surface area (Å²) in [5.74, 6) is 0. The Hall–Kier alpha value is -1.23. The Balaban J connectivity index is 1.87. The van der Waals surface area contributed by atoms with Crippen molar-refractivity contribution in [1.29, 1.82) is 0 Å². The number of hydrogen-bond acceptors (Lipinski definition) is 2. The van der Waals surface area contributed by atoms with Crippen molar-refractivity contribution in [2.24, 2.45) is 0 Å². The van der Waals surface area contributed by atoms with E-state index in [1.54, 1.807) is 6.07 Å². The van der Waals surface area contributed by atoms with Gasteiger partial charge in [0.15, 0.2) is 0 Å². The van der Waals surface area contributed by atoms with Gasteiger partial charge in [0.25, 0.3) is 0 Å². The summed E-state index contributed by atoms with van der Waals surface area (Å²) in [5.41, 5.74) is 0.517. The van der Waals surface area contributed by atoms with Crippen LogP contribution in [0.5, 0.6) is 0 Å². The number of fused-ring (bicyclic) bond motifs is 1. The molecule has 0 spiro atoms. The molecule has 1 aromatic carbocycles. The smallest absolute Gasteiger partial charge is 0.383 e. The molecule has 2 aliphatic rings. The van der Waals surface area contributed by atoms with Crippen molar-refractivity contribution in [3.63, 3.8) is 0 Å². The molecule has 1 fully saturated rings. The number of rotatable bonds is 2. The fraction of sp³-hybridized carbons (Fsp3) is 0.538. The molecule has 3 rings (SSSR count). The maximum atomic E-state index is 12.9. The molecule has 1 unspecified atom stereocenters. The zero-order chi connectivity index (χ0) is 12.8. The molecular weight excluding hydrogens is 241 g/mol. The van der Waals surface area contributed by atoms with Crippen LogP contribution < -0.4 is 10.6 Å². The Labute approximate surface area is 104 Å². The molecule has 0 aromatic heterocycles. The maximum absolute atomic E-state index is 12.9. The highest BCUT2D eigenvalue weighted by Gasteiger charge is 2.36. The first-order valence-electron chi connectivity index (χ1n) is 6.23. The van der Waals surface area contributed by atoms with E-state index in [0.717, 1.165) is 12.8 Å². The van der Waals surface area contributed by atoms with Gasteiger partial charge in [0.2, 0.25) is 0 Å². The minimum absolute atomic E-state index is 0.105. The summed E-state index contributed by atoms with van der Waals surface area (Å²) in [6, 6.07) is 4.96. The van der Waals surface area contributed by atoms with E-state index in [9.17, 15) is 13.2 Å². The van der Waals surface area contributed by atoms with Gasteiger partial charge in [-0.1, -0.05) is 6.07 Å². The fourth-order valence-electron chi connectivity index (χ4n) is 2.49. The van der Waals surface area contributed by atoms with E-state index in [-0.39, 0.29) is 6.04 Å². The molecule has 1 heterocycles. The number of hydrogen-bond donors (Lipinski definition) is 2. The molecule has 0 amide bonds. The Kier molecular flexibility index (Phi) is 2.73. The Morgan fingerprint density at radius 1 is 1.17 bits per heavy atom. The Morgan fingerprint density at radius 2 is 1.94 bits per heavy atom. The van der Waals surface area contributed by atoms with Crippen molar-refractivity contribution in [3.8, 4) is 0 Å². The van der Waals surface area contributed by atoms with Gasteiger partial charge in [-0.3, -0.25) is 0 Å². The van der Waals surface area contributed by atoms with Crippen LogP contribution in [0.15, 0.2) is 18.2 Å². The number of benzene rings is 1. The predicted molar refractivity (Wildman–Crippen MR) is 63.6 cm³/mol. The van der Waals surface area contributed by atoms with E-state index in [2.05, 4.69) is 10.6 Å². The van der Waals surface area contributed by atoms with Crippen LogP contribution in [0.3, 0.4) is 0 Å². The maximum Gasteiger partial charge on any atom is 0.416 e. The molecule has 0 saturated heterocycles. The van der Waals surface area contributed by atoms with Crippen LogP contribution in [0.1, 0.15) is 24.0 Å². The second-order valence-corrected chi connectivity index (χ2v) is 5.05. The van der Waals surface area contributed by atoms with E-state index >= 15 is 0 Å². The van der Waals surface area contributed by atoms with Crippen molar-refractivity contribution in [2.75, 3.05) is 11.9 Å². The third kappa shape index (κ3) is 2.32. The summed E-state index contributed by atoms with van der Waals surface area (Å²) in [7, 11) is 0. The quantitative estimate of drug-likeness (QED) is 0.850. The van der Waals surface area contributed by atoms with Crippen LogP contribution in [0.4, 0.5) is 18.9 Å². The van der Waals surface area contributed by atoms with E-state index in [4.69, 9.17) is 0 Å². The molecule has 2 nitrogen and oxygen atoms in total. The van der Waals surface area contributed by atoms with Crippen LogP contribution in [0.25, 0.3) is 0 Å². The van der Waals surface area contributed by atoms with Gasteiger partial charge in [-0.25, -0.2) is 0 Å². The highest BCUT2D eigenvalue weighted by Crippen LogP contribution is 2.37. The van der Waals surface area contributed by atoms with Crippen LogP contribution in [0, 0.1) is 0 Å². The first kappa shape index (κ1) is 11.8. The molecule has 1 atom stereocenters. The van der Waals surface area contributed by atoms with Gasteiger partial charge in [0.1, 0.15) is 0 Å². The van der Waals surface area contributed by atoms with Crippen molar-refractivity contribution in [2.45, 2.75) is 37.5 Å². The number of nitrogens with one attached hydrogen (secondary N) is 2. The highest BCUT2D eigenvalue weighted by atomic mass is 19.4. The van der Waals surface area contributed by atoms with E-state index in [0.29, 0.717) is 30.3 Å². The molecule has 5 heteroatoms. The molecule has 98 valence electrons. The summed E-state index contributed by atoms with van der Waals surface area (Å²) in [4.78, 5) is 0. The summed E-state index contributed by atoms with van der Waals surface area (Å²) in [6.07, 6.45) is -1.53. The van der Waals surface area contributed by atoms with Crippen molar-refractivity contribution < 1.29 is 13.2 Å². The molecule has 1 aromatic rings. The average molecular weight is 256 g/mol. The SMILES string of the molecule is FC(F)(F)c1cccc2c1CC(NC1CC1)CN2. The normalized spacial score (nSPS) is 23.4. The predicted octanol–water partition coefficient (Wildman–Crippen LogP) is 2.79. The molecule has 0 radical (unpaired) electrons. The summed E-state index contributed by atoms with van der Waals surface area (Å²) in [6.45, 7) is 0.699. The van der Waals surface area contributed by atoms with Gasteiger partial charge in [-0.15, -0.1) is 0 Å². The Bertz CT molecular complexity index is 452. The molecule has 2 N–H and O–H groups in total. The van der Waals surface area contributed by atoms with Crippen molar-refractivity contribution in [1.82, 2.24) is 5.32 Å². The summed E-state index contributed by atoms with van der Waals surface area (Å²) in [5, 5.41) is 6.48. The van der Waals surface area contributed by atoms with Gasteiger partial charge in [-0.05, 0) is 37.0 Å². The minimum Gasteiger partial charge on any atom is -0.383 e. The zero-order valence-corrected chi connectivity index (χ0v) is 9.85. The zero-order valence-electron chi connectivity index (χ0n) is 9.85.